The van der Waals surface area contributed by atoms with Gasteiger partial charge in [0.25, 0.3) is 5.91 Å². The van der Waals surface area contributed by atoms with Crippen molar-refractivity contribution in [2.45, 2.75) is 12.8 Å². The Morgan fingerprint density at radius 2 is 1.81 bits per heavy atom. The number of hydrogen-bond acceptors (Lipinski definition) is 6. The van der Waals surface area contributed by atoms with Crippen molar-refractivity contribution in [1.29, 1.82) is 0 Å². The number of amides is 2. The fourth-order valence-electron chi connectivity index (χ4n) is 3.62. The molecule has 1 aromatic carbocycles. The molecule has 2 amide bonds. The number of rotatable bonds is 3. The van der Waals surface area contributed by atoms with Crippen LogP contribution in [0.4, 0.5) is 0 Å². The molecular formula is C18H22N6O3. The average molecular weight is 370 g/mol. The minimum Gasteiger partial charge on any atom is -0.378 e. The van der Waals surface area contributed by atoms with Gasteiger partial charge < -0.3 is 14.5 Å². The van der Waals surface area contributed by atoms with E-state index in [2.05, 4.69) is 15.5 Å². The van der Waals surface area contributed by atoms with Crippen LogP contribution in [-0.2, 0) is 9.53 Å². The van der Waals surface area contributed by atoms with Crippen LogP contribution < -0.4 is 0 Å². The molecule has 27 heavy (non-hydrogen) atoms. The molecule has 2 aliphatic heterocycles. The fourth-order valence-corrected chi connectivity index (χ4v) is 3.62. The van der Waals surface area contributed by atoms with Gasteiger partial charge in [-0.15, -0.1) is 5.10 Å². The first-order chi connectivity index (χ1) is 13.2. The molecule has 0 saturated carbocycles. The van der Waals surface area contributed by atoms with Gasteiger partial charge >= 0.3 is 0 Å². The zero-order chi connectivity index (χ0) is 18.6. The molecule has 0 unspecified atom stereocenters. The van der Waals surface area contributed by atoms with Crippen molar-refractivity contribution in [1.82, 2.24) is 30.0 Å². The van der Waals surface area contributed by atoms with E-state index in [0.717, 1.165) is 18.5 Å². The van der Waals surface area contributed by atoms with Crippen molar-refractivity contribution in [3.63, 3.8) is 0 Å². The lowest BCUT2D eigenvalue weighted by molar-refractivity contribution is -0.141. The van der Waals surface area contributed by atoms with E-state index in [1.165, 1.54) is 11.0 Å². The van der Waals surface area contributed by atoms with Gasteiger partial charge in [0.2, 0.25) is 5.91 Å². The van der Waals surface area contributed by atoms with E-state index in [1.54, 1.807) is 17.0 Å². The number of likely N-dealkylation sites (tertiary alicyclic amines) is 1. The van der Waals surface area contributed by atoms with E-state index in [-0.39, 0.29) is 17.7 Å². The standard InChI is InChI=1S/C18H22N6O3/c25-17(14-3-5-16(6-4-14)24-13-19-20-21-24)23-7-1-2-15(12-23)18(26)22-8-10-27-11-9-22/h3-6,13,15H,1-2,7-12H2/t15-/m0/s1. The SMILES string of the molecule is O=C(c1ccc(-n2cnnn2)cc1)N1CCC[C@H](C(=O)N2CCOCC2)C1. The Morgan fingerprint density at radius 1 is 1.04 bits per heavy atom. The Bertz CT molecular complexity index is 786. The molecule has 2 aromatic rings. The molecule has 142 valence electrons. The smallest absolute Gasteiger partial charge is 0.253 e. The Labute approximate surface area is 156 Å². The number of hydrogen-bond donors (Lipinski definition) is 0. The Hall–Kier alpha value is -2.81. The Balaban J connectivity index is 1.41. The van der Waals surface area contributed by atoms with Gasteiger partial charge in [-0.2, -0.15) is 0 Å². The zero-order valence-electron chi connectivity index (χ0n) is 15.0. The van der Waals surface area contributed by atoms with Crippen molar-refractivity contribution in [3.05, 3.63) is 36.2 Å². The summed E-state index contributed by atoms with van der Waals surface area (Å²) in [6.45, 7) is 3.62. The Kier molecular flexibility index (Phi) is 5.10. The summed E-state index contributed by atoms with van der Waals surface area (Å²) in [5.41, 5.74) is 1.39. The van der Waals surface area contributed by atoms with Crippen molar-refractivity contribution >= 4 is 11.8 Å². The van der Waals surface area contributed by atoms with E-state index < -0.39 is 0 Å². The zero-order valence-corrected chi connectivity index (χ0v) is 15.0. The molecule has 0 radical (unpaired) electrons. The van der Waals surface area contributed by atoms with Crippen LogP contribution in [0.25, 0.3) is 5.69 Å². The molecular weight excluding hydrogens is 348 g/mol. The topological polar surface area (TPSA) is 93.5 Å². The molecule has 0 N–H and O–H groups in total. The first-order valence-corrected chi connectivity index (χ1v) is 9.21. The molecule has 0 aliphatic carbocycles. The number of piperidine rings is 1. The molecule has 3 heterocycles. The highest BCUT2D eigenvalue weighted by Crippen LogP contribution is 2.21. The molecule has 9 nitrogen and oxygen atoms in total. The number of aromatic nitrogens is 4. The number of benzene rings is 1. The maximum Gasteiger partial charge on any atom is 0.253 e. The van der Waals surface area contributed by atoms with Crippen LogP contribution >= 0.6 is 0 Å². The third-order valence-corrected chi connectivity index (χ3v) is 5.11. The van der Waals surface area contributed by atoms with Crippen LogP contribution in [-0.4, -0.2) is 81.2 Å². The molecule has 4 rings (SSSR count). The van der Waals surface area contributed by atoms with Crippen molar-refractivity contribution in [3.8, 4) is 5.69 Å². The predicted octanol–water partition coefficient (Wildman–Crippen LogP) is 0.373. The third kappa shape index (κ3) is 3.82. The minimum atomic E-state index is -0.124. The van der Waals surface area contributed by atoms with E-state index >= 15 is 0 Å². The summed E-state index contributed by atoms with van der Waals surface area (Å²) in [4.78, 5) is 29.3. The number of nitrogens with zero attached hydrogens (tertiary/aromatic N) is 6. The number of ether oxygens (including phenoxy) is 1. The summed E-state index contributed by atoms with van der Waals surface area (Å²) < 4.78 is 6.85. The first kappa shape index (κ1) is 17.6. The lowest BCUT2D eigenvalue weighted by Gasteiger charge is -2.36. The molecule has 9 heteroatoms. The van der Waals surface area contributed by atoms with Crippen molar-refractivity contribution < 1.29 is 14.3 Å². The maximum atomic E-state index is 12.9. The summed E-state index contributed by atoms with van der Waals surface area (Å²) in [7, 11) is 0. The van der Waals surface area contributed by atoms with Gasteiger partial charge in [-0.3, -0.25) is 9.59 Å². The molecule has 2 saturated heterocycles. The van der Waals surface area contributed by atoms with Gasteiger partial charge in [-0.05, 0) is 47.5 Å². The highest BCUT2D eigenvalue weighted by Gasteiger charge is 2.32. The minimum absolute atomic E-state index is 0.0438. The van der Waals surface area contributed by atoms with E-state index in [4.69, 9.17) is 4.74 Å². The van der Waals surface area contributed by atoms with Crippen molar-refractivity contribution in [2.24, 2.45) is 5.92 Å². The lowest BCUT2D eigenvalue weighted by Crippen LogP contribution is -2.49. The van der Waals surface area contributed by atoms with E-state index in [0.29, 0.717) is 45.0 Å². The van der Waals surface area contributed by atoms with Crippen LogP contribution in [0.15, 0.2) is 30.6 Å². The third-order valence-electron chi connectivity index (χ3n) is 5.11. The Morgan fingerprint density at radius 3 is 2.52 bits per heavy atom. The highest BCUT2D eigenvalue weighted by molar-refractivity contribution is 5.95. The van der Waals surface area contributed by atoms with Gasteiger partial charge in [-0.25, -0.2) is 4.68 Å². The molecule has 1 atom stereocenters. The van der Waals surface area contributed by atoms with Gasteiger partial charge in [-0.1, -0.05) is 0 Å². The number of morpholine rings is 1. The maximum absolute atomic E-state index is 12.9. The van der Waals surface area contributed by atoms with Crippen LogP contribution in [0, 0.1) is 5.92 Å². The van der Waals surface area contributed by atoms with Gasteiger partial charge in [0.05, 0.1) is 24.8 Å². The van der Waals surface area contributed by atoms with E-state index in [1.807, 2.05) is 17.0 Å². The van der Waals surface area contributed by atoms with Crippen LogP contribution in [0.1, 0.15) is 23.2 Å². The second-order valence-electron chi connectivity index (χ2n) is 6.83. The molecule has 1 aromatic heterocycles. The van der Waals surface area contributed by atoms with Crippen LogP contribution in [0.2, 0.25) is 0 Å². The monoisotopic (exact) mass is 370 g/mol. The predicted molar refractivity (Wildman–Crippen MR) is 95.2 cm³/mol. The van der Waals surface area contributed by atoms with Gasteiger partial charge in [0.1, 0.15) is 6.33 Å². The largest absolute Gasteiger partial charge is 0.378 e. The molecule has 0 bridgehead atoms. The number of carbonyl (C=O) groups excluding carboxylic acids is 2. The quantitative estimate of drug-likeness (QED) is 0.775. The fraction of sp³-hybridized carbons (Fsp3) is 0.500. The molecule has 2 fully saturated rings. The van der Waals surface area contributed by atoms with Crippen molar-refractivity contribution in [2.75, 3.05) is 39.4 Å². The lowest BCUT2D eigenvalue weighted by atomic mass is 9.95. The average Bonchev–Trinajstić information content (AvgIpc) is 3.28. The second kappa shape index (κ2) is 7.83. The normalized spacial score (nSPS) is 20.5. The highest BCUT2D eigenvalue weighted by atomic mass is 16.5. The summed E-state index contributed by atoms with van der Waals surface area (Å²) in [6, 6.07) is 7.16. The molecule has 2 aliphatic rings. The summed E-state index contributed by atoms with van der Waals surface area (Å²) in [6.07, 6.45) is 3.18. The van der Waals surface area contributed by atoms with E-state index in [9.17, 15) is 9.59 Å². The van der Waals surface area contributed by atoms with Gasteiger partial charge in [0.15, 0.2) is 0 Å². The number of carbonyl (C=O) groups is 2. The molecule has 0 spiro atoms. The number of tetrazole rings is 1. The van der Waals surface area contributed by atoms with Gasteiger partial charge in [0, 0.05) is 31.7 Å². The van der Waals surface area contributed by atoms with Crippen LogP contribution in [0.5, 0.6) is 0 Å². The first-order valence-electron chi connectivity index (χ1n) is 9.21. The van der Waals surface area contributed by atoms with Crippen LogP contribution in [0.3, 0.4) is 0 Å². The summed E-state index contributed by atoms with van der Waals surface area (Å²) >= 11 is 0. The summed E-state index contributed by atoms with van der Waals surface area (Å²) in [5.74, 6) is -0.0242. The summed E-state index contributed by atoms with van der Waals surface area (Å²) in [5, 5.41) is 11.0. The second-order valence-corrected chi connectivity index (χ2v) is 6.83.